The Morgan fingerprint density at radius 2 is 2.35 bits per heavy atom. The van der Waals surface area contributed by atoms with Crippen LogP contribution in [0.1, 0.15) is 24.1 Å². The van der Waals surface area contributed by atoms with Gasteiger partial charge in [0.2, 0.25) is 5.91 Å². The van der Waals surface area contributed by atoms with Gasteiger partial charge in [-0.2, -0.15) is 0 Å². The molecular formula is C14H20N2O3S. The lowest BCUT2D eigenvalue weighted by molar-refractivity contribution is -0.148. The van der Waals surface area contributed by atoms with Gasteiger partial charge in [-0.05, 0) is 30.8 Å². The maximum atomic E-state index is 12.0. The first-order chi connectivity index (χ1) is 9.70. The van der Waals surface area contributed by atoms with Crippen LogP contribution in [0, 0.1) is 0 Å². The molecule has 0 radical (unpaired) electrons. The van der Waals surface area contributed by atoms with Crippen molar-refractivity contribution < 1.29 is 14.3 Å². The highest BCUT2D eigenvalue weighted by Crippen LogP contribution is 2.17. The van der Waals surface area contributed by atoms with E-state index in [4.69, 9.17) is 4.74 Å². The van der Waals surface area contributed by atoms with Crippen molar-refractivity contribution in [1.82, 2.24) is 10.2 Å². The van der Waals surface area contributed by atoms with Crippen molar-refractivity contribution in [3.05, 3.63) is 22.4 Å². The monoisotopic (exact) mass is 296 g/mol. The lowest BCUT2D eigenvalue weighted by Crippen LogP contribution is -2.49. The van der Waals surface area contributed by atoms with Gasteiger partial charge in [0, 0.05) is 4.88 Å². The first-order valence-electron chi connectivity index (χ1n) is 6.81. The predicted molar refractivity (Wildman–Crippen MR) is 77.4 cm³/mol. The molecule has 110 valence electrons. The number of carbonyl (C=O) groups excluding carboxylic acids is 2. The number of amides is 1. The van der Waals surface area contributed by atoms with E-state index in [0.29, 0.717) is 6.54 Å². The van der Waals surface area contributed by atoms with Gasteiger partial charge in [0.25, 0.3) is 0 Å². The van der Waals surface area contributed by atoms with E-state index in [0.717, 1.165) is 30.7 Å². The van der Waals surface area contributed by atoms with Crippen LogP contribution in [0.5, 0.6) is 0 Å². The highest BCUT2D eigenvalue weighted by molar-refractivity contribution is 7.09. The molecule has 1 fully saturated rings. The fourth-order valence-electron chi connectivity index (χ4n) is 2.42. The van der Waals surface area contributed by atoms with E-state index < -0.39 is 0 Å². The second-order valence-corrected chi connectivity index (χ2v) is 5.89. The van der Waals surface area contributed by atoms with Crippen LogP contribution in [-0.2, 0) is 20.9 Å². The fourth-order valence-corrected chi connectivity index (χ4v) is 3.07. The molecule has 0 aliphatic carbocycles. The molecule has 1 atom stereocenters. The second kappa shape index (κ2) is 7.40. The summed E-state index contributed by atoms with van der Waals surface area (Å²) < 4.78 is 4.81. The van der Waals surface area contributed by atoms with Gasteiger partial charge in [-0.1, -0.05) is 12.5 Å². The Labute approximate surface area is 122 Å². The molecule has 1 amide bonds. The van der Waals surface area contributed by atoms with E-state index in [2.05, 4.69) is 5.32 Å². The van der Waals surface area contributed by atoms with Gasteiger partial charge in [-0.25, -0.2) is 0 Å². The van der Waals surface area contributed by atoms with E-state index in [1.165, 1.54) is 7.11 Å². The van der Waals surface area contributed by atoms with E-state index in [-0.39, 0.29) is 24.5 Å². The van der Waals surface area contributed by atoms with Gasteiger partial charge in [0.15, 0.2) is 0 Å². The second-order valence-electron chi connectivity index (χ2n) is 4.86. The molecule has 2 rings (SSSR count). The summed E-state index contributed by atoms with van der Waals surface area (Å²) in [6.07, 6.45) is 2.80. The number of piperidine rings is 1. The highest BCUT2D eigenvalue weighted by atomic mass is 32.1. The summed E-state index contributed by atoms with van der Waals surface area (Å²) in [6.45, 7) is 1.57. The Balaban J connectivity index is 1.83. The standard InChI is InChI=1S/C14H20N2O3S/c1-19-14(18)12-6-2-3-7-16(12)10-13(17)15-9-11-5-4-8-20-11/h4-5,8,12H,2-3,6-7,9-10H2,1H3,(H,15,17)/t12-/m1/s1. The van der Waals surface area contributed by atoms with Crippen molar-refractivity contribution in [3.63, 3.8) is 0 Å². The minimum absolute atomic E-state index is 0.0470. The number of hydrogen-bond donors (Lipinski definition) is 1. The van der Waals surface area contributed by atoms with E-state index >= 15 is 0 Å². The quantitative estimate of drug-likeness (QED) is 0.834. The number of nitrogens with one attached hydrogen (secondary N) is 1. The van der Waals surface area contributed by atoms with Crippen molar-refractivity contribution in [2.45, 2.75) is 31.8 Å². The molecule has 1 aliphatic heterocycles. The molecular weight excluding hydrogens is 276 g/mol. The van der Waals surface area contributed by atoms with Crippen molar-refractivity contribution >= 4 is 23.2 Å². The van der Waals surface area contributed by atoms with Crippen LogP contribution in [0.2, 0.25) is 0 Å². The molecule has 1 saturated heterocycles. The number of hydrogen-bond acceptors (Lipinski definition) is 5. The Hall–Kier alpha value is -1.40. The lowest BCUT2D eigenvalue weighted by atomic mass is 10.0. The number of likely N-dealkylation sites (tertiary alicyclic amines) is 1. The van der Waals surface area contributed by atoms with Crippen molar-refractivity contribution in [1.29, 1.82) is 0 Å². The predicted octanol–water partition coefficient (Wildman–Crippen LogP) is 1.39. The Bertz CT molecular complexity index is 447. The first kappa shape index (κ1) is 15.0. The summed E-state index contributed by atoms with van der Waals surface area (Å²) in [7, 11) is 1.39. The molecule has 5 nitrogen and oxygen atoms in total. The smallest absolute Gasteiger partial charge is 0.323 e. The molecule has 0 unspecified atom stereocenters. The number of rotatable bonds is 5. The first-order valence-corrected chi connectivity index (χ1v) is 7.69. The number of esters is 1. The zero-order chi connectivity index (χ0) is 14.4. The van der Waals surface area contributed by atoms with Crippen LogP contribution < -0.4 is 5.32 Å². The number of thiophene rings is 1. The third kappa shape index (κ3) is 4.05. The lowest BCUT2D eigenvalue weighted by Gasteiger charge is -2.32. The number of carbonyl (C=O) groups is 2. The topological polar surface area (TPSA) is 58.6 Å². The van der Waals surface area contributed by atoms with Crippen LogP contribution in [0.25, 0.3) is 0 Å². The number of ether oxygens (including phenoxy) is 1. The summed E-state index contributed by atoms with van der Waals surface area (Å²) in [5.41, 5.74) is 0. The van der Waals surface area contributed by atoms with Crippen LogP contribution >= 0.6 is 11.3 Å². The minimum atomic E-state index is -0.277. The minimum Gasteiger partial charge on any atom is -0.468 e. The highest BCUT2D eigenvalue weighted by Gasteiger charge is 2.30. The Morgan fingerprint density at radius 3 is 3.05 bits per heavy atom. The van der Waals surface area contributed by atoms with Crippen LogP contribution in [-0.4, -0.2) is 43.0 Å². The maximum absolute atomic E-state index is 12.0. The molecule has 2 heterocycles. The summed E-state index contributed by atoms with van der Waals surface area (Å²) in [5, 5.41) is 4.87. The number of methoxy groups -OCH3 is 1. The third-order valence-electron chi connectivity index (χ3n) is 3.47. The summed E-state index contributed by atoms with van der Waals surface area (Å²) >= 11 is 1.62. The summed E-state index contributed by atoms with van der Waals surface area (Å²) in [4.78, 5) is 26.7. The Morgan fingerprint density at radius 1 is 1.50 bits per heavy atom. The van der Waals surface area contributed by atoms with Crippen LogP contribution in [0.15, 0.2) is 17.5 Å². The normalized spacial score (nSPS) is 19.6. The largest absolute Gasteiger partial charge is 0.468 e. The molecule has 1 aromatic rings. The maximum Gasteiger partial charge on any atom is 0.323 e. The van der Waals surface area contributed by atoms with Gasteiger partial charge in [-0.15, -0.1) is 11.3 Å². The van der Waals surface area contributed by atoms with Gasteiger partial charge >= 0.3 is 5.97 Å². The van der Waals surface area contributed by atoms with Gasteiger partial charge in [0.1, 0.15) is 6.04 Å². The number of nitrogens with zero attached hydrogens (tertiary/aromatic N) is 1. The molecule has 0 spiro atoms. The zero-order valence-corrected chi connectivity index (χ0v) is 12.4. The van der Waals surface area contributed by atoms with Crippen molar-refractivity contribution in [3.8, 4) is 0 Å². The zero-order valence-electron chi connectivity index (χ0n) is 11.6. The summed E-state index contributed by atoms with van der Waals surface area (Å²) in [6, 6.07) is 3.67. The van der Waals surface area contributed by atoms with Gasteiger partial charge in [0.05, 0.1) is 20.2 Å². The fraction of sp³-hybridized carbons (Fsp3) is 0.571. The average Bonchev–Trinajstić information content (AvgIpc) is 2.98. The van der Waals surface area contributed by atoms with Gasteiger partial charge in [-0.3, -0.25) is 14.5 Å². The van der Waals surface area contributed by atoms with Crippen molar-refractivity contribution in [2.24, 2.45) is 0 Å². The molecule has 6 heteroatoms. The van der Waals surface area contributed by atoms with Crippen LogP contribution in [0.4, 0.5) is 0 Å². The SMILES string of the molecule is COC(=O)[C@H]1CCCCN1CC(=O)NCc1cccs1. The molecule has 0 bridgehead atoms. The van der Waals surface area contributed by atoms with Gasteiger partial charge < -0.3 is 10.1 Å². The molecule has 0 aromatic carbocycles. The third-order valence-corrected chi connectivity index (χ3v) is 4.35. The van der Waals surface area contributed by atoms with E-state index in [1.807, 2.05) is 22.4 Å². The molecule has 1 aromatic heterocycles. The van der Waals surface area contributed by atoms with Crippen LogP contribution in [0.3, 0.4) is 0 Å². The van der Waals surface area contributed by atoms with Crippen molar-refractivity contribution in [2.75, 3.05) is 20.2 Å². The average molecular weight is 296 g/mol. The molecule has 0 saturated carbocycles. The summed E-state index contributed by atoms with van der Waals surface area (Å²) in [5.74, 6) is -0.287. The molecule has 20 heavy (non-hydrogen) atoms. The van der Waals surface area contributed by atoms with E-state index in [1.54, 1.807) is 11.3 Å². The molecule has 1 N–H and O–H groups in total. The van der Waals surface area contributed by atoms with E-state index in [9.17, 15) is 9.59 Å². The Kier molecular flexibility index (Phi) is 5.55. The molecule has 1 aliphatic rings.